The van der Waals surface area contributed by atoms with Crippen molar-refractivity contribution in [2.24, 2.45) is 0 Å². The molecule has 0 spiro atoms. The molecule has 0 fully saturated rings. The zero-order valence-corrected chi connectivity index (χ0v) is 12.3. The van der Waals surface area contributed by atoms with Crippen molar-refractivity contribution in [3.63, 3.8) is 0 Å². The van der Waals surface area contributed by atoms with E-state index >= 15 is 0 Å². The molecule has 1 aromatic heterocycles. The Morgan fingerprint density at radius 3 is 2.45 bits per heavy atom. The van der Waals surface area contributed by atoms with Gasteiger partial charge in [0.05, 0.1) is 5.56 Å². The standard InChI is InChI=1S/C16H13F3N2S/c17-16(18,19)14-10-22-15-11(5-4-8-13(14)15)9-20-21-12-6-2-1-3-7-12/h1-8,10,20-21H,9H2. The van der Waals surface area contributed by atoms with Crippen LogP contribution in [0.2, 0.25) is 0 Å². The van der Waals surface area contributed by atoms with Crippen LogP contribution in [0.3, 0.4) is 0 Å². The third kappa shape index (κ3) is 3.08. The Morgan fingerprint density at radius 2 is 1.73 bits per heavy atom. The smallest absolute Gasteiger partial charge is 0.321 e. The fourth-order valence-corrected chi connectivity index (χ4v) is 3.33. The number of thiophene rings is 1. The molecular formula is C16H13F3N2S. The van der Waals surface area contributed by atoms with Gasteiger partial charge in [0.2, 0.25) is 0 Å². The number of hydrogen-bond donors (Lipinski definition) is 2. The highest BCUT2D eigenvalue weighted by molar-refractivity contribution is 7.17. The van der Waals surface area contributed by atoms with Crippen LogP contribution in [0.1, 0.15) is 11.1 Å². The minimum atomic E-state index is -4.31. The van der Waals surface area contributed by atoms with Crippen LogP contribution in [0, 0.1) is 0 Å². The van der Waals surface area contributed by atoms with Crippen LogP contribution < -0.4 is 10.9 Å². The summed E-state index contributed by atoms with van der Waals surface area (Å²) in [4.78, 5) is 0. The normalized spacial score (nSPS) is 11.8. The number of anilines is 1. The molecule has 3 rings (SSSR count). The summed E-state index contributed by atoms with van der Waals surface area (Å²) in [7, 11) is 0. The van der Waals surface area contributed by atoms with E-state index in [0.29, 0.717) is 11.2 Å². The second-order valence-electron chi connectivity index (χ2n) is 4.79. The fraction of sp³-hybridized carbons (Fsp3) is 0.125. The van der Waals surface area contributed by atoms with Crippen molar-refractivity contribution >= 4 is 27.1 Å². The third-order valence-electron chi connectivity index (χ3n) is 3.27. The average molecular weight is 322 g/mol. The summed E-state index contributed by atoms with van der Waals surface area (Å²) in [6, 6.07) is 14.5. The van der Waals surface area contributed by atoms with Crippen molar-refractivity contribution in [1.29, 1.82) is 0 Å². The molecule has 22 heavy (non-hydrogen) atoms. The Morgan fingerprint density at radius 1 is 0.955 bits per heavy atom. The van der Waals surface area contributed by atoms with E-state index in [4.69, 9.17) is 0 Å². The molecule has 0 amide bonds. The van der Waals surface area contributed by atoms with Crippen LogP contribution >= 0.6 is 11.3 Å². The SMILES string of the molecule is FC(F)(F)c1csc2c(CNNc3ccccc3)cccc12. The molecule has 0 aliphatic carbocycles. The molecule has 3 aromatic rings. The zero-order valence-electron chi connectivity index (χ0n) is 11.4. The van der Waals surface area contributed by atoms with Crippen molar-refractivity contribution in [2.45, 2.75) is 12.7 Å². The number of alkyl halides is 3. The molecule has 6 heteroatoms. The van der Waals surface area contributed by atoms with Gasteiger partial charge >= 0.3 is 6.18 Å². The molecule has 0 bridgehead atoms. The van der Waals surface area contributed by atoms with Gasteiger partial charge in [0.15, 0.2) is 0 Å². The van der Waals surface area contributed by atoms with Crippen LogP contribution in [-0.2, 0) is 12.7 Å². The largest absolute Gasteiger partial charge is 0.417 e. The quantitative estimate of drug-likeness (QED) is 0.658. The first-order chi connectivity index (χ1) is 10.6. The first-order valence-corrected chi connectivity index (χ1v) is 7.54. The van der Waals surface area contributed by atoms with Crippen LogP contribution in [0.15, 0.2) is 53.9 Å². The molecule has 2 nitrogen and oxygen atoms in total. The summed E-state index contributed by atoms with van der Waals surface area (Å²) in [5.41, 5.74) is 7.23. The maximum absolute atomic E-state index is 12.9. The van der Waals surface area contributed by atoms with Gasteiger partial charge in [-0.05, 0) is 17.7 Å². The van der Waals surface area contributed by atoms with E-state index < -0.39 is 11.7 Å². The van der Waals surface area contributed by atoms with E-state index in [9.17, 15) is 13.2 Å². The Kier molecular flexibility index (Phi) is 4.04. The third-order valence-corrected chi connectivity index (χ3v) is 4.34. The van der Waals surface area contributed by atoms with Crippen LogP contribution in [0.5, 0.6) is 0 Å². The number of fused-ring (bicyclic) bond motifs is 1. The van der Waals surface area contributed by atoms with Gasteiger partial charge in [-0.1, -0.05) is 36.4 Å². The highest BCUT2D eigenvalue weighted by Gasteiger charge is 2.33. The van der Waals surface area contributed by atoms with Gasteiger partial charge in [-0.2, -0.15) is 13.2 Å². The average Bonchev–Trinajstić information content (AvgIpc) is 2.93. The van der Waals surface area contributed by atoms with E-state index in [1.165, 1.54) is 11.4 Å². The summed E-state index contributed by atoms with van der Waals surface area (Å²) in [5.74, 6) is 0. The van der Waals surface area contributed by atoms with E-state index in [1.54, 1.807) is 6.07 Å². The molecule has 0 atom stereocenters. The topological polar surface area (TPSA) is 24.1 Å². The number of hydrazine groups is 1. The summed E-state index contributed by atoms with van der Waals surface area (Å²) >= 11 is 1.13. The van der Waals surface area contributed by atoms with Crippen molar-refractivity contribution in [3.05, 3.63) is 65.0 Å². The first kappa shape index (κ1) is 14.9. The molecule has 0 saturated heterocycles. The lowest BCUT2D eigenvalue weighted by molar-refractivity contribution is -0.136. The first-order valence-electron chi connectivity index (χ1n) is 6.66. The molecule has 1 heterocycles. The van der Waals surface area contributed by atoms with Crippen molar-refractivity contribution in [3.8, 4) is 0 Å². The fourth-order valence-electron chi connectivity index (χ4n) is 2.24. The van der Waals surface area contributed by atoms with Gasteiger partial charge < -0.3 is 5.43 Å². The lowest BCUT2D eigenvalue weighted by Crippen LogP contribution is -2.20. The van der Waals surface area contributed by atoms with E-state index in [0.717, 1.165) is 22.6 Å². The van der Waals surface area contributed by atoms with E-state index in [-0.39, 0.29) is 5.39 Å². The molecule has 2 N–H and O–H groups in total. The second-order valence-corrected chi connectivity index (χ2v) is 5.67. The van der Waals surface area contributed by atoms with Crippen molar-refractivity contribution < 1.29 is 13.2 Å². The monoisotopic (exact) mass is 322 g/mol. The predicted octanol–water partition coefficient (Wildman–Crippen LogP) is 5.04. The van der Waals surface area contributed by atoms with Gasteiger partial charge in [-0.25, -0.2) is 5.43 Å². The van der Waals surface area contributed by atoms with Gasteiger partial charge in [0.1, 0.15) is 0 Å². The number of hydrogen-bond acceptors (Lipinski definition) is 3. The molecule has 0 radical (unpaired) electrons. The van der Waals surface area contributed by atoms with Gasteiger partial charge in [0, 0.05) is 27.7 Å². The maximum Gasteiger partial charge on any atom is 0.417 e. The number of nitrogens with one attached hydrogen (secondary N) is 2. The highest BCUT2D eigenvalue weighted by atomic mass is 32.1. The minimum Gasteiger partial charge on any atom is -0.321 e. The van der Waals surface area contributed by atoms with Crippen LogP contribution in [0.4, 0.5) is 18.9 Å². The summed E-state index contributed by atoms with van der Waals surface area (Å²) < 4.78 is 39.5. The Balaban J connectivity index is 1.78. The maximum atomic E-state index is 12.9. The van der Waals surface area contributed by atoms with E-state index in [2.05, 4.69) is 10.9 Å². The lowest BCUT2D eigenvalue weighted by Gasteiger charge is -2.09. The minimum absolute atomic E-state index is 0.261. The van der Waals surface area contributed by atoms with Gasteiger partial charge in [-0.3, -0.25) is 0 Å². The summed E-state index contributed by atoms with van der Waals surface area (Å²) in [5, 5.41) is 1.44. The van der Waals surface area contributed by atoms with Gasteiger partial charge in [-0.15, -0.1) is 11.3 Å². The van der Waals surface area contributed by atoms with E-state index in [1.807, 2.05) is 36.4 Å². The molecule has 114 valence electrons. The Hall–Kier alpha value is -2.05. The molecule has 2 aromatic carbocycles. The predicted molar refractivity (Wildman–Crippen MR) is 83.7 cm³/mol. The zero-order chi connectivity index (χ0) is 15.6. The molecule has 0 saturated carbocycles. The van der Waals surface area contributed by atoms with Crippen molar-refractivity contribution in [2.75, 3.05) is 5.43 Å². The van der Waals surface area contributed by atoms with Crippen LogP contribution in [-0.4, -0.2) is 0 Å². The number of benzene rings is 2. The second kappa shape index (κ2) is 5.98. The lowest BCUT2D eigenvalue weighted by atomic mass is 10.1. The Labute approximate surface area is 129 Å². The highest BCUT2D eigenvalue weighted by Crippen LogP contribution is 2.39. The Bertz CT molecular complexity index is 766. The summed E-state index contributed by atoms with van der Waals surface area (Å²) in [6.07, 6.45) is -4.31. The van der Waals surface area contributed by atoms with Crippen molar-refractivity contribution in [1.82, 2.24) is 5.43 Å². The molecule has 0 aliphatic heterocycles. The molecular weight excluding hydrogens is 309 g/mol. The van der Waals surface area contributed by atoms with Gasteiger partial charge in [0.25, 0.3) is 0 Å². The molecule has 0 unspecified atom stereocenters. The number of para-hydroxylation sites is 1. The summed E-state index contributed by atoms with van der Waals surface area (Å²) in [6.45, 7) is 0.435. The number of halogens is 3. The van der Waals surface area contributed by atoms with Crippen LogP contribution in [0.25, 0.3) is 10.1 Å². The number of rotatable bonds is 4. The molecule has 0 aliphatic rings.